The van der Waals surface area contributed by atoms with E-state index in [1.165, 1.54) is 12.1 Å². The standard InChI is InChI=1S/C14H10F6O3S2/c15-13(16,17)24(11-7-3-1-4-8-11,12-9-5-2-6-10-12)23-25(21,22)14(18,19)20/h1-10H. The van der Waals surface area contributed by atoms with E-state index in [1.54, 1.807) is 0 Å². The Morgan fingerprint density at radius 3 is 1.28 bits per heavy atom. The van der Waals surface area contributed by atoms with Crippen molar-refractivity contribution in [3.05, 3.63) is 60.7 Å². The van der Waals surface area contributed by atoms with Crippen molar-refractivity contribution >= 4 is 20.4 Å². The molecule has 0 aliphatic rings. The van der Waals surface area contributed by atoms with Gasteiger partial charge in [0.15, 0.2) is 0 Å². The number of halogens is 6. The minimum absolute atomic E-state index is 0.721. The molecule has 0 fully saturated rings. The SMILES string of the molecule is O=S(=O)(OS(c1ccccc1)(c1ccccc1)C(F)(F)F)C(F)(F)F. The predicted molar refractivity (Wildman–Crippen MR) is 79.1 cm³/mol. The molecule has 0 N–H and O–H groups in total. The highest BCUT2D eigenvalue weighted by Crippen LogP contribution is 2.74. The van der Waals surface area contributed by atoms with Gasteiger partial charge in [-0.2, -0.15) is 38.4 Å². The summed E-state index contributed by atoms with van der Waals surface area (Å²) < 4.78 is 107. The summed E-state index contributed by atoms with van der Waals surface area (Å²) in [6.07, 6.45) is 0. The first kappa shape index (κ1) is 19.6. The number of alkyl halides is 6. The van der Waals surface area contributed by atoms with Crippen molar-refractivity contribution in [3.8, 4) is 0 Å². The number of benzene rings is 2. The first-order chi connectivity index (χ1) is 11.4. The van der Waals surface area contributed by atoms with Crippen molar-refractivity contribution in [3.63, 3.8) is 0 Å². The van der Waals surface area contributed by atoms with Gasteiger partial charge in [-0.15, -0.1) is 0 Å². The quantitative estimate of drug-likeness (QED) is 0.519. The van der Waals surface area contributed by atoms with E-state index >= 15 is 0 Å². The molecule has 2 aromatic carbocycles. The van der Waals surface area contributed by atoms with Crippen LogP contribution in [0.2, 0.25) is 0 Å². The molecule has 0 saturated carbocycles. The van der Waals surface area contributed by atoms with Crippen LogP contribution < -0.4 is 0 Å². The molecule has 3 nitrogen and oxygen atoms in total. The highest BCUT2D eigenvalue weighted by atomic mass is 32.3. The molecular formula is C14H10F6O3S2. The topological polar surface area (TPSA) is 43.4 Å². The lowest BCUT2D eigenvalue weighted by atomic mass is 10.4. The Bertz CT molecular complexity index is 778. The average molecular weight is 404 g/mol. The van der Waals surface area contributed by atoms with Gasteiger partial charge in [-0.3, -0.25) is 0 Å². The predicted octanol–water partition coefficient (Wildman–Crippen LogP) is 5.21. The molecule has 0 unspecified atom stereocenters. The molecule has 0 aliphatic carbocycles. The monoisotopic (exact) mass is 404 g/mol. The van der Waals surface area contributed by atoms with Gasteiger partial charge >= 0.3 is 21.1 Å². The number of rotatable bonds is 4. The van der Waals surface area contributed by atoms with Gasteiger partial charge in [0.25, 0.3) is 0 Å². The Morgan fingerprint density at radius 2 is 1.00 bits per heavy atom. The maximum atomic E-state index is 13.9. The normalized spacial score (nSPS) is 14.3. The Morgan fingerprint density at radius 1 is 0.640 bits per heavy atom. The van der Waals surface area contributed by atoms with Crippen molar-refractivity contribution in [1.29, 1.82) is 0 Å². The van der Waals surface area contributed by atoms with Gasteiger partial charge < -0.3 is 0 Å². The van der Waals surface area contributed by atoms with Crippen molar-refractivity contribution < 1.29 is 38.4 Å². The first-order valence-electron chi connectivity index (χ1n) is 6.44. The van der Waals surface area contributed by atoms with E-state index in [4.69, 9.17) is 0 Å². The summed E-state index contributed by atoms with van der Waals surface area (Å²) in [7, 11) is -11.5. The van der Waals surface area contributed by atoms with Crippen LogP contribution in [0.15, 0.2) is 70.5 Å². The van der Waals surface area contributed by atoms with Gasteiger partial charge in [0, 0.05) is 20.1 Å². The maximum absolute atomic E-state index is 13.9. The molecule has 0 atom stereocenters. The van der Waals surface area contributed by atoms with Crippen LogP contribution >= 0.6 is 10.3 Å². The molecule has 0 bridgehead atoms. The molecule has 25 heavy (non-hydrogen) atoms. The third-order valence-electron chi connectivity index (χ3n) is 2.95. The number of hydrogen-bond acceptors (Lipinski definition) is 3. The van der Waals surface area contributed by atoms with Crippen LogP contribution in [0.1, 0.15) is 0 Å². The van der Waals surface area contributed by atoms with Crippen LogP contribution in [0.4, 0.5) is 26.3 Å². The van der Waals surface area contributed by atoms with E-state index in [1.807, 2.05) is 0 Å². The van der Waals surface area contributed by atoms with Gasteiger partial charge in [-0.25, -0.2) is 0 Å². The largest absolute Gasteiger partial charge is 0.523 e. The fourth-order valence-electron chi connectivity index (χ4n) is 1.92. The third-order valence-corrected chi connectivity index (χ3v) is 7.58. The molecule has 0 heterocycles. The summed E-state index contributed by atoms with van der Waals surface area (Å²) in [6.45, 7) is 0. The zero-order valence-electron chi connectivity index (χ0n) is 12.1. The van der Waals surface area contributed by atoms with Gasteiger partial charge in [0.05, 0.1) is 0 Å². The second-order valence-corrected chi connectivity index (χ2v) is 9.03. The lowest BCUT2D eigenvalue weighted by Gasteiger charge is -2.39. The highest BCUT2D eigenvalue weighted by Gasteiger charge is 2.61. The maximum Gasteiger partial charge on any atom is 0.523 e. The Balaban J connectivity index is 2.83. The molecule has 0 aromatic heterocycles. The zero-order chi connectivity index (χ0) is 18.9. The smallest absolute Gasteiger partial charge is 0.196 e. The highest BCUT2D eigenvalue weighted by molar-refractivity contribution is 8.33. The third kappa shape index (κ3) is 3.62. The minimum Gasteiger partial charge on any atom is -0.196 e. The van der Waals surface area contributed by atoms with Gasteiger partial charge in [-0.1, -0.05) is 36.4 Å². The summed E-state index contributed by atoms with van der Waals surface area (Å²) in [4.78, 5) is -1.44. The second-order valence-electron chi connectivity index (χ2n) is 4.60. The molecule has 11 heteroatoms. The molecule has 2 rings (SSSR count). The molecule has 2 aromatic rings. The molecule has 0 aliphatic heterocycles. The van der Waals surface area contributed by atoms with Crippen LogP contribution in [0, 0.1) is 0 Å². The van der Waals surface area contributed by atoms with Gasteiger partial charge in [0.1, 0.15) is 0 Å². The van der Waals surface area contributed by atoms with Crippen LogP contribution in [0.25, 0.3) is 0 Å². The van der Waals surface area contributed by atoms with E-state index < -0.39 is 41.2 Å². The molecular weight excluding hydrogens is 394 g/mol. The van der Waals surface area contributed by atoms with Crippen molar-refractivity contribution in [2.24, 2.45) is 0 Å². The lowest BCUT2D eigenvalue weighted by molar-refractivity contribution is -0.0551. The summed E-state index contributed by atoms with van der Waals surface area (Å²) in [5.41, 5.74) is -11.4. The van der Waals surface area contributed by atoms with E-state index in [2.05, 4.69) is 3.63 Å². The van der Waals surface area contributed by atoms with E-state index in [-0.39, 0.29) is 0 Å². The van der Waals surface area contributed by atoms with Crippen LogP contribution in [-0.2, 0) is 13.7 Å². The Labute approximate surface area is 140 Å². The summed E-state index contributed by atoms with van der Waals surface area (Å²) in [6, 6.07) is 10.8. The minimum atomic E-state index is -6.52. The zero-order valence-corrected chi connectivity index (χ0v) is 13.7. The first-order valence-corrected chi connectivity index (χ1v) is 9.40. The lowest BCUT2D eigenvalue weighted by Crippen LogP contribution is -2.32. The van der Waals surface area contributed by atoms with Crippen LogP contribution in [0.5, 0.6) is 0 Å². The molecule has 0 saturated heterocycles. The molecule has 0 amide bonds. The molecule has 0 radical (unpaired) electrons. The second kappa shape index (κ2) is 6.54. The summed E-state index contributed by atoms with van der Waals surface area (Å²) >= 11 is 0. The van der Waals surface area contributed by atoms with Crippen molar-refractivity contribution in [1.82, 2.24) is 0 Å². The Kier molecular flexibility index (Phi) is 5.13. The number of hydrogen-bond donors (Lipinski definition) is 0. The summed E-state index contributed by atoms with van der Waals surface area (Å²) in [5, 5.41) is 0. The van der Waals surface area contributed by atoms with Crippen molar-refractivity contribution in [2.45, 2.75) is 20.8 Å². The van der Waals surface area contributed by atoms with Gasteiger partial charge in [0.2, 0.25) is 0 Å². The van der Waals surface area contributed by atoms with Crippen molar-refractivity contribution in [2.75, 3.05) is 0 Å². The van der Waals surface area contributed by atoms with Crippen LogP contribution in [-0.4, -0.2) is 19.4 Å². The van der Waals surface area contributed by atoms with E-state index in [0.29, 0.717) is 0 Å². The fourth-order valence-corrected chi connectivity index (χ4v) is 6.13. The Hall–Kier alpha value is -1.72. The summed E-state index contributed by atoms with van der Waals surface area (Å²) in [5.74, 6) is 0. The fraction of sp³-hybridized carbons (Fsp3) is 0.143. The average Bonchev–Trinajstić information content (AvgIpc) is 2.52. The molecule has 0 spiro atoms. The van der Waals surface area contributed by atoms with E-state index in [0.717, 1.165) is 48.5 Å². The van der Waals surface area contributed by atoms with Crippen LogP contribution in [0.3, 0.4) is 0 Å². The molecule has 138 valence electrons. The van der Waals surface area contributed by atoms with E-state index in [9.17, 15) is 34.8 Å². The van der Waals surface area contributed by atoms with Gasteiger partial charge in [-0.05, 0) is 24.3 Å².